The molecule has 1 atom stereocenters. The van der Waals surface area contributed by atoms with E-state index in [1.807, 2.05) is 6.07 Å². The molecule has 1 aromatic heterocycles. The lowest BCUT2D eigenvalue weighted by atomic mass is 10.0. The maximum atomic E-state index is 13.3. The molecule has 1 nitrogen and oxygen atoms in total. The molecule has 2 aromatic rings. The van der Waals surface area contributed by atoms with E-state index >= 15 is 0 Å². The Morgan fingerprint density at radius 1 is 1.40 bits per heavy atom. The zero-order chi connectivity index (χ0) is 14.5. The third kappa shape index (κ3) is 4.51. The first kappa shape index (κ1) is 16.4. The highest BCUT2D eigenvalue weighted by atomic mass is 127. The molecular formula is C15H16BrFINS. The van der Waals surface area contributed by atoms with Crippen molar-refractivity contribution in [1.82, 2.24) is 5.32 Å². The molecule has 0 aliphatic heterocycles. The summed E-state index contributed by atoms with van der Waals surface area (Å²) in [6.45, 7) is 3.12. The molecular weight excluding hydrogens is 452 g/mol. The first-order valence-electron chi connectivity index (χ1n) is 6.51. The minimum Gasteiger partial charge on any atom is -0.310 e. The molecule has 2 rings (SSSR count). The second kappa shape index (κ2) is 7.87. The van der Waals surface area contributed by atoms with Gasteiger partial charge in [0.2, 0.25) is 0 Å². The van der Waals surface area contributed by atoms with Crippen molar-refractivity contribution in [2.75, 3.05) is 6.54 Å². The van der Waals surface area contributed by atoms with Gasteiger partial charge in [0.1, 0.15) is 5.82 Å². The number of hydrogen-bond donors (Lipinski definition) is 1. The van der Waals surface area contributed by atoms with Crippen LogP contribution in [0.1, 0.15) is 29.8 Å². The third-order valence-electron chi connectivity index (χ3n) is 3.01. The van der Waals surface area contributed by atoms with Gasteiger partial charge in [-0.1, -0.05) is 13.0 Å². The Bertz CT molecular complexity index is 573. The zero-order valence-corrected chi connectivity index (χ0v) is 15.7. The number of rotatable bonds is 6. The standard InChI is InChI=1S/C15H16BrFINS/c1-2-5-19-15(8-12-6-10(16)9-20-12)13-4-3-11(17)7-14(13)18/h3-4,6-7,9,15,19H,2,5,8H2,1H3. The Balaban J connectivity index is 2.22. The molecule has 0 saturated carbocycles. The minimum atomic E-state index is -0.175. The van der Waals surface area contributed by atoms with Crippen molar-refractivity contribution < 1.29 is 4.39 Å². The van der Waals surface area contributed by atoms with Crippen LogP contribution in [0.15, 0.2) is 34.1 Å². The normalized spacial score (nSPS) is 12.6. The molecule has 0 aliphatic rings. The van der Waals surface area contributed by atoms with E-state index in [1.165, 1.54) is 10.4 Å². The lowest BCUT2D eigenvalue weighted by Crippen LogP contribution is -2.24. The van der Waals surface area contributed by atoms with E-state index in [1.54, 1.807) is 23.5 Å². The summed E-state index contributed by atoms with van der Waals surface area (Å²) in [4.78, 5) is 1.32. The van der Waals surface area contributed by atoms with Crippen LogP contribution in [0.4, 0.5) is 4.39 Å². The highest BCUT2D eigenvalue weighted by Crippen LogP contribution is 2.28. The van der Waals surface area contributed by atoms with Crippen molar-refractivity contribution in [3.63, 3.8) is 0 Å². The number of benzene rings is 1. The second-order valence-electron chi connectivity index (χ2n) is 4.61. The fourth-order valence-electron chi connectivity index (χ4n) is 2.06. The van der Waals surface area contributed by atoms with E-state index in [0.717, 1.165) is 27.4 Å². The fourth-order valence-corrected chi connectivity index (χ4v) is 4.41. The van der Waals surface area contributed by atoms with Crippen molar-refractivity contribution >= 4 is 49.9 Å². The number of thiophene rings is 1. The van der Waals surface area contributed by atoms with Crippen molar-refractivity contribution in [3.8, 4) is 0 Å². The van der Waals surface area contributed by atoms with Crippen LogP contribution in [0, 0.1) is 9.39 Å². The van der Waals surface area contributed by atoms with Crippen molar-refractivity contribution in [2.45, 2.75) is 25.8 Å². The summed E-state index contributed by atoms with van der Waals surface area (Å²) in [7, 11) is 0. The van der Waals surface area contributed by atoms with Gasteiger partial charge in [-0.3, -0.25) is 0 Å². The molecule has 0 amide bonds. The molecule has 0 spiro atoms. The average Bonchev–Trinajstić information content (AvgIpc) is 2.80. The maximum Gasteiger partial charge on any atom is 0.124 e. The smallest absolute Gasteiger partial charge is 0.124 e. The Kier molecular flexibility index (Phi) is 6.45. The van der Waals surface area contributed by atoms with Crippen LogP contribution in [0.5, 0.6) is 0 Å². The van der Waals surface area contributed by atoms with Gasteiger partial charge in [-0.2, -0.15) is 0 Å². The molecule has 0 bridgehead atoms. The number of halogens is 3. The maximum absolute atomic E-state index is 13.3. The highest BCUT2D eigenvalue weighted by molar-refractivity contribution is 14.1. The number of hydrogen-bond acceptors (Lipinski definition) is 2. The summed E-state index contributed by atoms with van der Waals surface area (Å²) in [5, 5.41) is 5.67. The first-order valence-corrected chi connectivity index (χ1v) is 9.26. The van der Waals surface area contributed by atoms with Gasteiger partial charge in [0, 0.05) is 30.8 Å². The lowest BCUT2D eigenvalue weighted by molar-refractivity contribution is 0.528. The Morgan fingerprint density at radius 3 is 2.80 bits per heavy atom. The van der Waals surface area contributed by atoms with E-state index in [4.69, 9.17) is 0 Å². The van der Waals surface area contributed by atoms with Gasteiger partial charge in [0.25, 0.3) is 0 Å². The summed E-state index contributed by atoms with van der Waals surface area (Å²) in [6.07, 6.45) is 2.01. The fraction of sp³-hybridized carbons (Fsp3) is 0.333. The minimum absolute atomic E-state index is 0.175. The second-order valence-corrected chi connectivity index (χ2v) is 7.68. The van der Waals surface area contributed by atoms with Gasteiger partial charge in [-0.05, 0) is 75.2 Å². The van der Waals surface area contributed by atoms with Crippen molar-refractivity contribution in [1.29, 1.82) is 0 Å². The van der Waals surface area contributed by atoms with Gasteiger partial charge >= 0.3 is 0 Å². The third-order valence-corrected chi connectivity index (χ3v) is 5.66. The topological polar surface area (TPSA) is 12.0 Å². The summed E-state index contributed by atoms with van der Waals surface area (Å²) in [5.74, 6) is -0.175. The quantitative estimate of drug-likeness (QED) is 0.550. The van der Waals surface area contributed by atoms with Gasteiger partial charge in [0.05, 0.1) is 0 Å². The van der Waals surface area contributed by atoms with Crippen LogP contribution in [0.2, 0.25) is 0 Å². The Labute approximate surface area is 145 Å². The van der Waals surface area contributed by atoms with Crippen LogP contribution in [0.25, 0.3) is 0 Å². The predicted octanol–water partition coefficient (Wildman–Crippen LogP) is 5.54. The molecule has 1 heterocycles. The Morgan fingerprint density at radius 2 is 2.20 bits per heavy atom. The Hall–Kier alpha value is 0.0200. The van der Waals surface area contributed by atoms with Crippen LogP contribution in [-0.2, 0) is 6.42 Å². The monoisotopic (exact) mass is 467 g/mol. The zero-order valence-electron chi connectivity index (χ0n) is 11.1. The van der Waals surface area contributed by atoms with Crippen molar-refractivity contribution in [2.24, 2.45) is 0 Å². The van der Waals surface area contributed by atoms with Crippen LogP contribution >= 0.6 is 49.9 Å². The molecule has 20 heavy (non-hydrogen) atoms. The van der Waals surface area contributed by atoms with E-state index in [-0.39, 0.29) is 11.9 Å². The molecule has 1 unspecified atom stereocenters. The molecule has 5 heteroatoms. The van der Waals surface area contributed by atoms with Gasteiger partial charge in [-0.15, -0.1) is 11.3 Å². The summed E-state index contributed by atoms with van der Waals surface area (Å²) in [5.41, 5.74) is 1.17. The molecule has 0 aliphatic carbocycles. The average molecular weight is 468 g/mol. The molecule has 1 aromatic carbocycles. The van der Waals surface area contributed by atoms with Crippen molar-refractivity contribution in [3.05, 3.63) is 53.9 Å². The highest BCUT2D eigenvalue weighted by Gasteiger charge is 2.16. The molecule has 0 saturated heterocycles. The SMILES string of the molecule is CCCNC(Cc1cc(Br)cs1)c1ccc(F)cc1I. The summed E-state index contributed by atoms with van der Waals surface area (Å²) in [6, 6.07) is 7.42. The van der Waals surface area contributed by atoms with E-state index in [0.29, 0.717) is 0 Å². The predicted molar refractivity (Wildman–Crippen MR) is 95.9 cm³/mol. The van der Waals surface area contributed by atoms with E-state index < -0.39 is 0 Å². The van der Waals surface area contributed by atoms with Gasteiger partial charge in [0.15, 0.2) is 0 Å². The lowest BCUT2D eigenvalue weighted by Gasteiger charge is -2.20. The van der Waals surface area contributed by atoms with E-state index in [2.05, 4.69) is 62.2 Å². The largest absolute Gasteiger partial charge is 0.310 e. The molecule has 108 valence electrons. The van der Waals surface area contributed by atoms with E-state index in [9.17, 15) is 4.39 Å². The summed E-state index contributed by atoms with van der Waals surface area (Å²) < 4.78 is 15.4. The molecule has 0 fully saturated rings. The number of nitrogens with one attached hydrogen (secondary N) is 1. The van der Waals surface area contributed by atoms with Crippen LogP contribution in [-0.4, -0.2) is 6.54 Å². The molecule has 0 radical (unpaired) electrons. The summed E-state index contributed by atoms with van der Waals surface area (Å²) >= 11 is 7.46. The van der Waals surface area contributed by atoms with Gasteiger partial charge in [-0.25, -0.2) is 4.39 Å². The van der Waals surface area contributed by atoms with Crippen LogP contribution in [0.3, 0.4) is 0 Å². The van der Waals surface area contributed by atoms with Gasteiger partial charge < -0.3 is 5.32 Å². The van der Waals surface area contributed by atoms with Crippen LogP contribution < -0.4 is 5.32 Å². The molecule has 1 N–H and O–H groups in total. The first-order chi connectivity index (χ1) is 9.60.